The highest BCUT2D eigenvalue weighted by molar-refractivity contribution is 5.94. The summed E-state index contributed by atoms with van der Waals surface area (Å²) >= 11 is 0. The molecule has 1 unspecified atom stereocenters. The van der Waals surface area contributed by atoms with Crippen LogP contribution in [-0.2, 0) is 4.79 Å². The van der Waals surface area contributed by atoms with E-state index in [9.17, 15) is 4.79 Å². The van der Waals surface area contributed by atoms with Gasteiger partial charge in [0.1, 0.15) is 11.5 Å². The van der Waals surface area contributed by atoms with E-state index in [0.717, 1.165) is 19.6 Å². The van der Waals surface area contributed by atoms with E-state index in [-0.39, 0.29) is 5.91 Å². The number of benzene rings is 1. The number of carbonyl (C=O) groups excluding carboxylic acids is 1. The maximum Gasteiger partial charge on any atom is 0.238 e. The first kappa shape index (κ1) is 16.1. The van der Waals surface area contributed by atoms with Gasteiger partial charge in [0.2, 0.25) is 5.91 Å². The minimum Gasteiger partial charge on any atom is -0.497 e. The van der Waals surface area contributed by atoms with Gasteiger partial charge in [-0.25, -0.2) is 0 Å². The molecule has 0 aliphatic carbocycles. The molecule has 0 bridgehead atoms. The highest BCUT2D eigenvalue weighted by Gasteiger charge is 2.31. The second-order valence-corrected chi connectivity index (χ2v) is 6.18. The SMILES string of the molecule is COc1ccc(OC)c(NC(=O)CN2CCN3CCCC3C2)c1. The number of nitrogens with zero attached hydrogens (tertiary/aromatic N) is 2. The normalized spacial score (nSPS) is 21.7. The molecule has 3 rings (SSSR count). The van der Waals surface area contributed by atoms with Gasteiger partial charge in [-0.2, -0.15) is 0 Å². The van der Waals surface area contributed by atoms with E-state index in [4.69, 9.17) is 9.47 Å². The molecule has 0 spiro atoms. The molecule has 6 nitrogen and oxygen atoms in total. The molecule has 2 aliphatic heterocycles. The molecule has 0 aromatic heterocycles. The molecule has 1 aromatic carbocycles. The Labute approximate surface area is 137 Å². The number of carbonyl (C=O) groups is 1. The molecular weight excluding hydrogens is 294 g/mol. The van der Waals surface area contributed by atoms with E-state index in [1.54, 1.807) is 26.4 Å². The van der Waals surface area contributed by atoms with Crippen LogP contribution in [-0.4, -0.2) is 68.7 Å². The maximum atomic E-state index is 12.4. The van der Waals surface area contributed by atoms with Gasteiger partial charge in [0, 0.05) is 31.7 Å². The smallest absolute Gasteiger partial charge is 0.238 e. The van der Waals surface area contributed by atoms with Crippen LogP contribution in [0.4, 0.5) is 5.69 Å². The molecule has 23 heavy (non-hydrogen) atoms. The van der Waals surface area contributed by atoms with E-state index >= 15 is 0 Å². The van der Waals surface area contributed by atoms with Gasteiger partial charge >= 0.3 is 0 Å². The van der Waals surface area contributed by atoms with Gasteiger partial charge in [-0.05, 0) is 31.5 Å². The van der Waals surface area contributed by atoms with Crippen LogP contribution in [0.5, 0.6) is 11.5 Å². The third kappa shape index (κ3) is 3.76. The van der Waals surface area contributed by atoms with Gasteiger partial charge < -0.3 is 14.8 Å². The number of nitrogens with one attached hydrogen (secondary N) is 1. The van der Waals surface area contributed by atoms with Crippen molar-refractivity contribution in [3.63, 3.8) is 0 Å². The van der Waals surface area contributed by atoms with Crippen molar-refractivity contribution in [1.82, 2.24) is 9.80 Å². The number of hydrogen-bond acceptors (Lipinski definition) is 5. The summed E-state index contributed by atoms with van der Waals surface area (Å²) < 4.78 is 10.5. The van der Waals surface area contributed by atoms with E-state index in [2.05, 4.69) is 15.1 Å². The predicted molar refractivity (Wildman–Crippen MR) is 89.2 cm³/mol. The van der Waals surface area contributed by atoms with Gasteiger partial charge in [0.05, 0.1) is 26.5 Å². The Kier molecular flexibility index (Phi) is 5.03. The standard InChI is InChI=1S/C17H25N3O3/c1-22-14-5-6-16(23-2)15(10-14)18-17(21)12-19-8-9-20-7-3-4-13(20)11-19/h5-6,10,13H,3-4,7-9,11-12H2,1-2H3,(H,18,21). The number of methoxy groups -OCH3 is 2. The Bertz CT molecular complexity index is 564. The summed E-state index contributed by atoms with van der Waals surface area (Å²) in [7, 11) is 3.20. The Hall–Kier alpha value is -1.79. The topological polar surface area (TPSA) is 54.0 Å². The molecule has 1 amide bonds. The second kappa shape index (κ2) is 7.19. The lowest BCUT2D eigenvalue weighted by Gasteiger charge is -2.37. The monoisotopic (exact) mass is 319 g/mol. The van der Waals surface area contributed by atoms with Crippen molar-refractivity contribution >= 4 is 11.6 Å². The third-order valence-electron chi connectivity index (χ3n) is 4.72. The van der Waals surface area contributed by atoms with Crippen LogP contribution in [0.1, 0.15) is 12.8 Å². The molecule has 2 fully saturated rings. The van der Waals surface area contributed by atoms with Gasteiger partial charge in [-0.15, -0.1) is 0 Å². The Morgan fingerprint density at radius 2 is 2.13 bits per heavy atom. The van der Waals surface area contributed by atoms with Crippen molar-refractivity contribution in [2.75, 3.05) is 52.3 Å². The minimum absolute atomic E-state index is 0.0111. The fraction of sp³-hybridized carbons (Fsp3) is 0.588. The Morgan fingerprint density at radius 3 is 2.91 bits per heavy atom. The van der Waals surface area contributed by atoms with Crippen molar-refractivity contribution in [1.29, 1.82) is 0 Å². The average Bonchev–Trinajstić information content (AvgIpc) is 3.02. The molecule has 0 saturated carbocycles. The predicted octanol–water partition coefficient (Wildman–Crippen LogP) is 1.42. The molecule has 1 atom stereocenters. The summed E-state index contributed by atoms with van der Waals surface area (Å²) in [6.07, 6.45) is 2.54. The van der Waals surface area contributed by atoms with Crippen LogP contribution in [0.15, 0.2) is 18.2 Å². The second-order valence-electron chi connectivity index (χ2n) is 6.18. The molecule has 1 N–H and O–H groups in total. The first-order valence-electron chi connectivity index (χ1n) is 8.18. The molecule has 1 aromatic rings. The van der Waals surface area contributed by atoms with Gasteiger partial charge in [-0.1, -0.05) is 0 Å². The van der Waals surface area contributed by atoms with E-state index in [1.807, 2.05) is 6.07 Å². The number of ether oxygens (including phenoxy) is 2. The lowest BCUT2D eigenvalue weighted by Crippen LogP contribution is -2.51. The van der Waals surface area contributed by atoms with E-state index < -0.39 is 0 Å². The zero-order valence-electron chi connectivity index (χ0n) is 13.9. The molecule has 2 heterocycles. The van der Waals surface area contributed by atoms with Crippen molar-refractivity contribution < 1.29 is 14.3 Å². The van der Waals surface area contributed by atoms with Crippen LogP contribution in [0.3, 0.4) is 0 Å². The van der Waals surface area contributed by atoms with E-state index in [1.165, 1.54) is 19.4 Å². The number of hydrogen-bond donors (Lipinski definition) is 1. The lowest BCUT2D eigenvalue weighted by atomic mass is 10.1. The van der Waals surface area contributed by atoms with Crippen LogP contribution in [0, 0.1) is 0 Å². The first-order chi connectivity index (χ1) is 11.2. The fourth-order valence-corrected chi connectivity index (χ4v) is 3.50. The van der Waals surface area contributed by atoms with E-state index in [0.29, 0.717) is 29.8 Å². The summed E-state index contributed by atoms with van der Waals surface area (Å²) in [6.45, 7) is 4.65. The minimum atomic E-state index is -0.0111. The zero-order valence-corrected chi connectivity index (χ0v) is 13.9. The molecule has 6 heteroatoms. The summed E-state index contributed by atoms with van der Waals surface area (Å²) in [6, 6.07) is 6.02. The van der Waals surface area contributed by atoms with Gasteiger partial charge in [0.25, 0.3) is 0 Å². The summed E-state index contributed by atoms with van der Waals surface area (Å²) in [5, 5.41) is 2.94. The molecular formula is C17H25N3O3. The molecule has 2 saturated heterocycles. The highest BCUT2D eigenvalue weighted by atomic mass is 16.5. The molecule has 2 aliphatic rings. The van der Waals surface area contributed by atoms with Crippen LogP contribution >= 0.6 is 0 Å². The van der Waals surface area contributed by atoms with Gasteiger partial charge in [0.15, 0.2) is 0 Å². The Balaban J connectivity index is 1.59. The van der Waals surface area contributed by atoms with Crippen LogP contribution in [0.2, 0.25) is 0 Å². The number of amides is 1. The largest absolute Gasteiger partial charge is 0.497 e. The van der Waals surface area contributed by atoms with Crippen molar-refractivity contribution in [3.8, 4) is 11.5 Å². The maximum absolute atomic E-state index is 12.4. The first-order valence-corrected chi connectivity index (χ1v) is 8.18. The van der Waals surface area contributed by atoms with Gasteiger partial charge in [-0.3, -0.25) is 14.6 Å². The van der Waals surface area contributed by atoms with Crippen LogP contribution < -0.4 is 14.8 Å². The quantitative estimate of drug-likeness (QED) is 0.890. The van der Waals surface area contributed by atoms with Crippen molar-refractivity contribution in [2.24, 2.45) is 0 Å². The number of fused-ring (bicyclic) bond motifs is 1. The number of rotatable bonds is 5. The number of anilines is 1. The van der Waals surface area contributed by atoms with Crippen molar-refractivity contribution in [3.05, 3.63) is 18.2 Å². The average molecular weight is 319 g/mol. The van der Waals surface area contributed by atoms with Crippen molar-refractivity contribution in [2.45, 2.75) is 18.9 Å². The Morgan fingerprint density at radius 1 is 1.26 bits per heavy atom. The molecule has 0 radical (unpaired) electrons. The van der Waals surface area contributed by atoms with Crippen LogP contribution in [0.25, 0.3) is 0 Å². The lowest BCUT2D eigenvalue weighted by molar-refractivity contribution is -0.117. The summed E-state index contributed by atoms with van der Waals surface area (Å²) in [5.41, 5.74) is 0.649. The number of piperazine rings is 1. The molecule has 126 valence electrons. The third-order valence-corrected chi connectivity index (χ3v) is 4.72. The highest BCUT2D eigenvalue weighted by Crippen LogP contribution is 2.29. The summed E-state index contributed by atoms with van der Waals surface area (Å²) in [5.74, 6) is 1.32. The zero-order chi connectivity index (χ0) is 16.2. The summed E-state index contributed by atoms with van der Waals surface area (Å²) in [4.78, 5) is 17.2. The fourth-order valence-electron chi connectivity index (χ4n) is 3.50.